The minimum Gasteiger partial charge on any atom is -0.497 e. The van der Waals surface area contributed by atoms with Gasteiger partial charge in [-0.1, -0.05) is 24.3 Å². The number of para-hydroxylation sites is 2. The van der Waals surface area contributed by atoms with Crippen molar-refractivity contribution in [2.24, 2.45) is 0 Å². The first-order valence-corrected chi connectivity index (χ1v) is 8.21. The van der Waals surface area contributed by atoms with Crippen LogP contribution < -0.4 is 13.9 Å². The highest BCUT2D eigenvalue weighted by Crippen LogP contribution is 2.59. The van der Waals surface area contributed by atoms with Crippen LogP contribution in [0.3, 0.4) is 0 Å². The fourth-order valence-corrected chi connectivity index (χ4v) is 3.72. The molecule has 0 bridgehead atoms. The van der Waals surface area contributed by atoms with Gasteiger partial charge in [0, 0.05) is 7.05 Å². The second kappa shape index (κ2) is 6.49. The van der Waals surface area contributed by atoms with Gasteiger partial charge in [-0.15, -0.1) is 0 Å². The molecule has 0 aliphatic carbocycles. The van der Waals surface area contributed by atoms with Crippen LogP contribution in [0, 0.1) is 0 Å². The van der Waals surface area contributed by atoms with Crippen molar-refractivity contribution < 1.29 is 27.0 Å². The highest BCUT2D eigenvalue weighted by Gasteiger charge is 2.46. The monoisotopic (exact) mass is 357 g/mol. The van der Waals surface area contributed by atoms with E-state index in [1.54, 1.807) is 42.0 Å². The molecule has 2 aromatic carbocycles. The van der Waals surface area contributed by atoms with Crippen LogP contribution in [0.15, 0.2) is 48.5 Å². The predicted octanol–water partition coefficient (Wildman–Crippen LogP) is 5.07. The summed E-state index contributed by atoms with van der Waals surface area (Å²) >= 11 is 0. The topological polar surface area (TPSA) is 30.9 Å². The van der Waals surface area contributed by atoms with E-state index in [4.69, 9.17) is 13.8 Å². The Morgan fingerprint density at radius 1 is 1.12 bits per heavy atom. The lowest BCUT2D eigenvalue weighted by atomic mass is 10.1. The van der Waals surface area contributed by atoms with Gasteiger partial charge in [0.1, 0.15) is 5.75 Å². The SMILES string of the molecule is COc1cccc(C(OP2Oc3ccccc3N2C)C(F)(F)F)c1. The molecule has 2 aromatic rings. The molecule has 0 fully saturated rings. The lowest BCUT2D eigenvalue weighted by Crippen LogP contribution is -2.24. The second-order valence-electron chi connectivity index (χ2n) is 5.12. The normalized spacial score (nSPS) is 18.0. The van der Waals surface area contributed by atoms with Crippen molar-refractivity contribution in [1.29, 1.82) is 0 Å². The van der Waals surface area contributed by atoms with Gasteiger partial charge in [0.05, 0.1) is 12.8 Å². The smallest absolute Gasteiger partial charge is 0.419 e. The van der Waals surface area contributed by atoms with Crippen molar-refractivity contribution in [1.82, 2.24) is 0 Å². The summed E-state index contributed by atoms with van der Waals surface area (Å²) in [6.07, 6.45) is -6.68. The number of hydrogen-bond acceptors (Lipinski definition) is 4. The fourth-order valence-electron chi connectivity index (χ4n) is 2.33. The van der Waals surface area contributed by atoms with Crippen LogP contribution in [0.2, 0.25) is 0 Å². The summed E-state index contributed by atoms with van der Waals surface area (Å²) in [7, 11) is 1.15. The third-order valence-corrected chi connectivity index (χ3v) is 4.97. The molecule has 8 heteroatoms. The highest BCUT2D eigenvalue weighted by atomic mass is 31.2. The Bertz CT molecular complexity index is 726. The number of fused-ring (bicyclic) bond motifs is 1. The molecule has 2 unspecified atom stereocenters. The van der Waals surface area contributed by atoms with Gasteiger partial charge < -0.3 is 9.26 Å². The van der Waals surface area contributed by atoms with E-state index in [1.165, 1.54) is 25.3 Å². The van der Waals surface area contributed by atoms with E-state index in [-0.39, 0.29) is 5.56 Å². The summed E-state index contributed by atoms with van der Waals surface area (Å²) in [5.74, 6) is 0.847. The minimum absolute atomic E-state index is 0.0303. The molecule has 0 N–H and O–H groups in total. The zero-order chi connectivity index (χ0) is 17.3. The Morgan fingerprint density at radius 3 is 2.54 bits per heavy atom. The van der Waals surface area contributed by atoms with Gasteiger partial charge in [0.2, 0.25) is 0 Å². The molecule has 0 aromatic heterocycles. The quantitative estimate of drug-likeness (QED) is 0.715. The molecule has 0 radical (unpaired) electrons. The predicted molar refractivity (Wildman–Crippen MR) is 85.3 cm³/mol. The van der Waals surface area contributed by atoms with E-state index in [0.29, 0.717) is 17.2 Å². The molecule has 0 saturated carbocycles. The van der Waals surface area contributed by atoms with Crippen molar-refractivity contribution in [3.05, 3.63) is 54.1 Å². The van der Waals surface area contributed by atoms with Gasteiger partial charge in [-0.25, -0.2) is 0 Å². The molecule has 3 rings (SSSR count). The van der Waals surface area contributed by atoms with Gasteiger partial charge in [0.25, 0.3) is 0 Å². The third kappa shape index (κ3) is 3.28. The number of halogens is 3. The molecule has 2 atom stereocenters. The standard InChI is InChI=1S/C16H15F3NO3P/c1-20-13-8-3-4-9-14(13)22-24(20)23-15(16(17,18)19)11-6-5-7-12(10-11)21-2/h3-10,15H,1-2H3. The molecule has 0 saturated heterocycles. The van der Waals surface area contributed by atoms with Crippen molar-refractivity contribution in [2.45, 2.75) is 12.3 Å². The van der Waals surface area contributed by atoms with E-state index < -0.39 is 20.8 Å². The Balaban J connectivity index is 1.86. The largest absolute Gasteiger partial charge is 0.497 e. The molecule has 128 valence electrons. The van der Waals surface area contributed by atoms with E-state index in [2.05, 4.69) is 0 Å². The maximum absolute atomic E-state index is 13.5. The molecule has 1 aliphatic heterocycles. The summed E-state index contributed by atoms with van der Waals surface area (Å²) < 4.78 is 58.1. The molecule has 0 spiro atoms. The number of rotatable bonds is 4. The Labute approximate surface area is 138 Å². The fraction of sp³-hybridized carbons (Fsp3) is 0.250. The number of nitrogens with zero attached hydrogens (tertiary/aromatic N) is 1. The first-order valence-electron chi connectivity index (χ1n) is 7.08. The number of hydrogen-bond donors (Lipinski definition) is 0. The number of anilines is 1. The van der Waals surface area contributed by atoms with Crippen molar-refractivity contribution in [3.8, 4) is 11.5 Å². The van der Waals surface area contributed by atoms with Crippen molar-refractivity contribution in [3.63, 3.8) is 0 Å². The average molecular weight is 357 g/mol. The van der Waals surface area contributed by atoms with E-state index >= 15 is 0 Å². The number of methoxy groups -OCH3 is 1. The minimum atomic E-state index is -4.58. The molecule has 1 aliphatic rings. The van der Waals surface area contributed by atoms with Gasteiger partial charge in [-0.3, -0.25) is 9.19 Å². The van der Waals surface area contributed by atoms with Crippen LogP contribution in [-0.2, 0) is 4.52 Å². The highest BCUT2D eigenvalue weighted by molar-refractivity contribution is 7.50. The van der Waals surface area contributed by atoms with Crippen LogP contribution in [0.1, 0.15) is 11.7 Å². The maximum atomic E-state index is 13.5. The lowest BCUT2D eigenvalue weighted by molar-refractivity contribution is -0.197. The zero-order valence-electron chi connectivity index (χ0n) is 12.9. The number of benzene rings is 2. The summed E-state index contributed by atoms with van der Waals surface area (Å²) in [4.78, 5) is 0. The van der Waals surface area contributed by atoms with Crippen LogP contribution in [-0.4, -0.2) is 20.3 Å². The maximum Gasteiger partial charge on any atom is 0.419 e. The van der Waals surface area contributed by atoms with Crippen LogP contribution >= 0.6 is 8.53 Å². The molecule has 1 heterocycles. The summed E-state index contributed by atoms with van der Waals surface area (Å²) in [6, 6.07) is 12.8. The third-order valence-electron chi connectivity index (χ3n) is 3.52. The van der Waals surface area contributed by atoms with E-state index in [1.807, 2.05) is 0 Å². The Hall–Kier alpha value is -1.98. The zero-order valence-corrected chi connectivity index (χ0v) is 13.8. The summed E-state index contributed by atoms with van der Waals surface area (Å²) in [6.45, 7) is 0. The number of alkyl halides is 3. The van der Waals surface area contributed by atoms with Gasteiger partial charge in [0.15, 0.2) is 11.9 Å². The molecule has 24 heavy (non-hydrogen) atoms. The summed E-state index contributed by atoms with van der Waals surface area (Å²) in [5, 5.41) is 0. The molecular weight excluding hydrogens is 342 g/mol. The number of ether oxygens (including phenoxy) is 1. The average Bonchev–Trinajstić information content (AvgIpc) is 2.88. The van der Waals surface area contributed by atoms with E-state index in [9.17, 15) is 13.2 Å². The summed E-state index contributed by atoms with van der Waals surface area (Å²) in [5.41, 5.74) is 0.674. The molecule has 4 nitrogen and oxygen atoms in total. The van der Waals surface area contributed by atoms with Crippen LogP contribution in [0.5, 0.6) is 11.5 Å². The first kappa shape index (κ1) is 16.9. The van der Waals surface area contributed by atoms with Gasteiger partial charge in [-0.05, 0) is 29.8 Å². The van der Waals surface area contributed by atoms with Gasteiger partial charge >= 0.3 is 14.7 Å². The lowest BCUT2D eigenvalue weighted by Gasteiger charge is -2.26. The van der Waals surface area contributed by atoms with Gasteiger partial charge in [-0.2, -0.15) is 13.2 Å². The van der Waals surface area contributed by atoms with Crippen LogP contribution in [0.4, 0.5) is 18.9 Å². The van der Waals surface area contributed by atoms with E-state index in [0.717, 1.165) is 0 Å². The first-order chi connectivity index (χ1) is 11.4. The molecular formula is C16H15F3NO3P. The second-order valence-corrected chi connectivity index (χ2v) is 6.59. The van der Waals surface area contributed by atoms with Crippen molar-refractivity contribution >= 4 is 14.2 Å². The Morgan fingerprint density at radius 2 is 1.88 bits per heavy atom. The van der Waals surface area contributed by atoms with Crippen molar-refractivity contribution in [2.75, 3.05) is 18.8 Å². The van der Waals surface area contributed by atoms with Crippen LogP contribution in [0.25, 0.3) is 0 Å². The Kier molecular flexibility index (Phi) is 4.56. The molecule has 0 amide bonds.